The highest BCUT2D eigenvalue weighted by atomic mass is 16.2. The Morgan fingerprint density at radius 3 is 2.62 bits per heavy atom. The number of carbonyl (C=O) groups excluding carboxylic acids is 1. The van der Waals surface area contributed by atoms with Gasteiger partial charge in [-0.25, -0.2) is 9.97 Å². The summed E-state index contributed by atoms with van der Waals surface area (Å²) in [7, 11) is 1.93. The molecule has 0 saturated carbocycles. The molecular formula is C25H22N6O. The third-order valence-corrected chi connectivity index (χ3v) is 6.71. The highest BCUT2D eigenvalue weighted by Crippen LogP contribution is 2.45. The van der Waals surface area contributed by atoms with Crippen molar-refractivity contribution in [1.82, 2.24) is 18.9 Å². The lowest BCUT2D eigenvalue weighted by molar-refractivity contribution is -0.121. The van der Waals surface area contributed by atoms with Crippen LogP contribution >= 0.6 is 0 Å². The Labute approximate surface area is 185 Å². The van der Waals surface area contributed by atoms with Gasteiger partial charge in [-0.2, -0.15) is 0 Å². The van der Waals surface area contributed by atoms with Gasteiger partial charge in [0.05, 0.1) is 24.1 Å². The van der Waals surface area contributed by atoms with Gasteiger partial charge in [0, 0.05) is 25.8 Å². The summed E-state index contributed by atoms with van der Waals surface area (Å²) < 4.78 is 4.00. The van der Waals surface area contributed by atoms with E-state index in [0.717, 1.165) is 60.0 Å². The zero-order chi connectivity index (χ0) is 21.7. The highest BCUT2D eigenvalue weighted by molar-refractivity contribution is 6.06. The molecule has 2 aliphatic rings. The maximum atomic E-state index is 12.9. The number of hydrogen-bond donors (Lipinski definition) is 1. The summed E-state index contributed by atoms with van der Waals surface area (Å²) in [6.45, 7) is 1.57. The first kappa shape index (κ1) is 18.7. The number of carbonyl (C=O) groups is 1. The molecule has 1 fully saturated rings. The molecule has 158 valence electrons. The largest absolute Gasteiger partial charge is 0.358 e. The SMILES string of the molecule is Cn1cncc1C#Cc1cnc2cccc(N3CCC4(CC3)C(=O)Nc3ccccc34)n12. The van der Waals surface area contributed by atoms with Crippen molar-refractivity contribution < 1.29 is 4.79 Å². The van der Waals surface area contributed by atoms with E-state index in [1.165, 1.54) is 0 Å². The second-order valence-corrected chi connectivity index (χ2v) is 8.43. The molecule has 3 aromatic heterocycles. The van der Waals surface area contributed by atoms with Gasteiger partial charge in [-0.1, -0.05) is 24.3 Å². The van der Waals surface area contributed by atoms with Crippen LogP contribution in [0.2, 0.25) is 0 Å². The Balaban J connectivity index is 1.34. The van der Waals surface area contributed by atoms with Gasteiger partial charge in [-0.3, -0.25) is 9.20 Å². The first-order valence-corrected chi connectivity index (χ1v) is 10.8. The van der Waals surface area contributed by atoms with Crippen LogP contribution in [0.25, 0.3) is 5.65 Å². The zero-order valence-electron chi connectivity index (χ0n) is 17.7. The van der Waals surface area contributed by atoms with Crippen LogP contribution in [0.3, 0.4) is 0 Å². The third-order valence-electron chi connectivity index (χ3n) is 6.71. The van der Waals surface area contributed by atoms with E-state index in [1.54, 1.807) is 12.5 Å². The van der Waals surface area contributed by atoms with Crippen LogP contribution in [0.4, 0.5) is 11.5 Å². The monoisotopic (exact) mass is 422 g/mol. The molecule has 4 aromatic rings. The zero-order valence-corrected chi connectivity index (χ0v) is 17.7. The minimum Gasteiger partial charge on any atom is -0.358 e. The van der Waals surface area contributed by atoms with Gasteiger partial charge in [0.25, 0.3) is 0 Å². The molecule has 7 nitrogen and oxygen atoms in total. The second kappa shape index (κ2) is 6.99. The van der Waals surface area contributed by atoms with E-state index < -0.39 is 5.41 Å². The molecule has 1 aromatic carbocycles. The molecule has 0 bridgehead atoms. The van der Waals surface area contributed by atoms with E-state index >= 15 is 0 Å². The molecule has 1 N–H and O–H groups in total. The Morgan fingerprint density at radius 2 is 1.81 bits per heavy atom. The average molecular weight is 422 g/mol. The van der Waals surface area contributed by atoms with E-state index in [0.29, 0.717) is 0 Å². The number of aryl methyl sites for hydroxylation is 1. The maximum Gasteiger partial charge on any atom is 0.235 e. The quantitative estimate of drug-likeness (QED) is 0.479. The summed E-state index contributed by atoms with van der Waals surface area (Å²) >= 11 is 0. The Hall–Kier alpha value is -4.05. The molecule has 6 rings (SSSR count). The highest BCUT2D eigenvalue weighted by Gasteiger charge is 2.48. The van der Waals surface area contributed by atoms with Gasteiger partial charge in [-0.05, 0) is 48.4 Å². The van der Waals surface area contributed by atoms with Crippen LogP contribution in [-0.2, 0) is 17.3 Å². The van der Waals surface area contributed by atoms with Gasteiger partial charge in [0.1, 0.15) is 22.9 Å². The summed E-state index contributed by atoms with van der Waals surface area (Å²) in [6.07, 6.45) is 6.86. The lowest BCUT2D eigenvalue weighted by atomic mass is 9.73. The number of nitrogens with zero attached hydrogens (tertiary/aromatic N) is 5. The van der Waals surface area contributed by atoms with E-state index in [-0.39, 0.29) is 5.91 Å². The number of aromatic nitrogens is 4. The van der Waals surface area contributed by atoms with Gasteiger partial charge in [0.2, 0.25) is 5.91 Å². The number of amides is 1. The molecule has 1 spiro atoms. The van der Waals surface area contributed by atoms with Gasteiger partial charge < -0.3 is 14.8 Å². The molecule has 0 radical (unpaired) electrons. The van der Waals surface area contributed by atoms with E-state index in [9.17, 15) is 4.79 Å². The molecule has 1 amide bonds. The summed E-state index contributed by atoms with van der Waals surface area (Å²) in [5.41, 5.74) is 4.20. The van der Waals surface area contributed by atoms with Gasteiger partial charge in [-0.15, -0.1) is 0 Å². The maximum absolute atomic E-state index is 12.9. The average Bonchev–Trinajstić information content (AvgIpc) is 3.50. The molecule has 32 heavy (non-hydrogen) atoms. The van der Waals surface area contributed by atoms with Crippen molar-refractivity contribution in [2.45, 2.75) is 18.3 Å². The summed E-state index contributed by atoms with van der Waals surface area (Å²) in [4.78, 5) is 24.0. The van der Waals surface area contributed by atoms with E-state index in [2.05, 4.69) is 48.6 Å². The fourth-order valence-electron chi connectivity index (χ4n) is 4.95. The molecule has 0 unspecified atom stereocenters. The number of nitrogens with one attached hydrogen (secondary N) is 1. The number of para-hydroxylation sites is 1. The predicted molar refractivity (Wildman–Crippen MR) is 123 cm³/mol. The van der Waals surface area contributed by atoms with Crippen LogP contribution in [0.15, 0.2) is 61.2 Å². The van der Waals surface area contributed by atoms with E-state index in [1.807, 2.05) is 48.1 Å². The Bertz CT molecular complexity index is 1410. The van der Waals surface area contributed by atoms with Crippen LogP contribution in [0, 0.1) is 11.8 Å². The molecule has 0 aliphatic carbocycles. The number of benzene rings is 1. The van der Waals surface area contributed by atoms with Gasteiger partial charge in [0.15, 0.2) is 0 Å². The van der Waals surface area contributed by atoms with Crippen molar-refractivity contribution in [2.75, 3.05) is 23.3 Å². The topological polar surface area (TPSA) is 67.5 Å². The number of rotatable bonds is 1. The first-order valence-electron chi connectivity index (χ1n) is 10.8. The number of pyridine rings is 1. The molecular weight excluding hydrogens is 400 g/mol. The van der Waals surface area contributed by atoms with Crippen molar-refractivity contribution in [3.8, 4) is 11.8 Å². The van der Waals surface area contributed by atoms with Crippen LogP contribution < -0.4 is 10.2 Å². The fourth-order valence-corrected chi connectivity index (χ4v) is 4.95. The molecule has 0 atom stereocenters. The minimum absolute atomic E-state index is 0.127. The number of piperidine rings is 1. The normalized spacial score (nSPS) is 16.7. The molecule has 7 heteroatoms. The number of hydrogen-bond acceptors (Lipinski definition) is 4. The van der Waals surface area contributed by atoms with Gasteiger partial charge >= 0.3 is 0 Å². The molecule has 1 saturated heterocycles. The standard InChI is InChI=1S/C25H22N6O/c1-29-17-26-15-18(29)9-10-19-16-27-22-7-4-8-23(31(19)22)30-13-11-25(12-14-30)20-5-2-3-6-21(20)28-24(25)32/h2-8,15-17H,11-14H2,1H3,(H,28,32). The predicted octanol–water partition coefficient (Wildman–Crippen LogP) is 2.96. The second-order valence-electron chi connectivity index (χ2n) is 8.43. The van der Waals surface area contributed by atoms with Crippen molar-refractivity contribution in [3.63, 3.8) is 0 Å². The van der Waals surface area contributed by atoms with Crippen LogP contribution in [-0.4, -0.2) is 37.9 Å². The van der Waals surface area contributed by atoms with Crippen molar-refractivity contribution in [2.24, 2.45) is 7.05 Å². The lowest BCUT2D eigenvalue weighted by Crippen LogP contribution is -2.47. The van der Waals surface area contributed by atoms with E-state index in [4.69, 9.17) is 0 Å². The fraction of sp³-hybridized carbons (Fsp3) is 0.240. The third kappa shape index (κ3) is 2.73. The van der Waals surface area contributed by atoms with Crippen molar-refractivity contribution >= 4 is 23.1 Å². The van der Waals surface area contributed by atoms with Crippen LogP contribution in [0.1, 0.15) is 29.8 Å². The number of imidazole rings is 2. The first-order chi connectivity index (χ1) is 15.7. The Kier molecular flexibility index (Phi) is 4.08. The van der Waals surface area contributed by atoms with Crippen molar-refractivity contribution in [3.05, 3.63) is 78.1 Å². The number of anilines is 2. The molecule has 5 heterocycles. The smallest absolute Gasteiger partial charge is 0.235 e. The molecule has 2 aliphatic heterocycles. The van der Waals surface area contributed by atoms with Crippen molar-refractivity contribution in [1.29, 1.82) is 0 Å². The lowest BCUT2D eigenvalue weighted by Gasteiger charge is -2.39. The van der Waals surface area contributed by atoms with Crippen LogP contribution in [0.5, 0.6) is 0 Å². The number of fused-ring (bicyclic) bond motifs is 3. The Morgan fingerprint density at radius 1 is 1.00 bits per heavy atom. The minimum atomic E-state index is -0.432. The summed E-state index contributed by atoms with van der Waals surface area (Å²) in [6, 6.07) is 14.2. The summed E-state index contributed by atoms with van der Waals surface area (Å²) in [5.74, 6) is 7.63. The summed E-state index contributed by atoms with van der Waals surface area (Å²) in [5, 5.41) is 3.08.